The van der Waals surface area contributed by atoms with Crippen LogP contribution in [0, 0.1) is 0 Å². The van der Waals surface area contributed by atoms with E-state index in [2.05, 4.69) is 20.2 Å². The van der Waals surface area contributed by atoms with Crippen LogP contribution >= 0.6 is 22.7 Å². The highest BCUT2D eigenvalue weighted by atomic mass is 32.1. The van der Waals surface area contributed by atoms with E-state index >= 15 is 0 Å². The molecule has 3 aromatic carbocycles. The van der Waals surface area contributed by atoms with E-state index in [-0.39, 0.29) is 11.1 Å². The first-order chi connectivity index (χ1) is 22.4. The summed E-state index contributed by atoms with van der Waals surface area (Å²) in [5.74, 6) is 3.32. The van der Waals surface area contributed by atoms with Gasteiger partial charge in [-0.15, -0.1) is 10.2 Å². The van der Waals surface area contributed by atoms with Gasteiger partial charge >= 0.3 is 0 Å². The molecule has 0 fully saturated rings. The minimum atomic E-state index is -0.272. The predicted octanol–water partition coefficient (Wildman–Crippen LogP) is 3.08. The van der Waals surface area contributed by atoms with Crippen molar-refractivity contribution in [2.45, 2.75) is 0 Å². The number of nitrogens with zero attached hydrogens (tertiary/aromatic N) is 6. The van der Waals surface area contributed by atoms with Crippen LogP contribution in [0.15, 0.2) is 70.3 Å². The number of hydrogen-bond acceptors (Lipinski definition) is 12. The molecule has 12 nitrogen and oxygen atoms in total. The fourth-order valence-electron chi connectivity index (χ4n) is 4.84. The molecule has 0 atom stereocenters. The summed E-state index contributed by atoms with van der Waals surface area (Å²) in [6.45, 7) is 0. The van der Waals surface area contributed by atoms with E-state index in [4.69, 9.17) is 18.9 Å². The molecule has 0 aliphatic heterocycles. The van der Waals surface area contributed by atoms with E-state index in [1.54, 1.807) is 64.9 Å². The summed E-state index contributed by atoms with van der Waals surface area (Å²) in [6, 6.07) is 18.1. The van der Waals surface area contributed by atoms with E-state index in [0.717, 1.165) is 22.3 Å². The molecule has 4 heterocycles. The molecule has 0 radical (unpaired) electrons. The molecule has 14 heteroatoms. The summed E-state index contributed by atoms with van der Waals surface area (Å²) in [7, 11) is 6.29. The van der Waals surface area contributed by atoms with Crippen LogP contribution in [0.25, 0.3) is 44.8 Å². The Labute approximate surface area is 268 Å². The van der Waals surface area contributed by atoms with E-state index in [9.17, 15) is 9.59 Å². The highest BCUT2D eigenvalue weighted by molar-refractivity contribution is 7.15. The van der Waals surface area contributed by atoms with Gasteiger partial charge in [-0.3, -0.25) is 9.59 Å². The zero-order valence-electron chi connectivity index (χ0n) is 24.9. The van der Waals surface area contributed by atoms with Crippen molar-refractivity contribution >= 4 is 44.7 Å². The molecular weight excluding hydrogens is 629 g/mol. The van der Waals surface area contributed by atoms with Gasteiger partial charge in [-0.05, 0) is 36.4 Å². The van der Waals surface area contributed by atoms with Crippen molar-refractivity contribution < 1.29 is 18.9 Å². The molecule has 7 aromatic rings. The average Bonchev–Trinajstić information content (AvgIpc) is 3.84. The standard InChI is InChI=1S/C32H24N6O6S2/c1-41-21-11-9-19(23(15-21)43-3)13-25-29(39)37-31(45-25)33-27(35-37)17-5-7-18(8-6-17)28-34-32-38(36-28)30(40)26(46-32)14-20-10-12-22(42-2)16-24(20)44-4/h5-16H,1-4H3/b25-13+,26-14+. The monoisotopic (exact) mass is 652 g/mol. The second kappa shape index (κ2) is 11.7. The maximum absolute atomic E-state index is 13.1. The largest absolute Gasteiger partial charge is 0.497 e. The molecule has 0 unspecified atom stereocenters. The summed E-state index contributed by atoms with van der Waals surface area (Å²) >= 11 is 2.48. The van der Waals surface area contributed by atoms with Gasteiger partial charge in [-0.2, -0.15) is 19.0 Å². The second-order valence-electron chi connectivity index (χ2n) is 9.88. The van der Waals surface area contributed by atoms with Crippen LogP contribution in [-0.4, -0.2) is 57.6 Å². The van der Waals surface area contributed by atoms with Crippen LogP contribution in [0.5, 0.6) is 23.0 Å². The minimum absolute atomic E-state index is 0.272. The predicted molar refractivity (Wildman–Crippen MR) is 175 cm³/mol. The minimum Gasteiger partial charge on any atom is -0.497 e. The van der Waals surface area contributed by atoms with Gasteiger partial charge in [0.15, 0.2) is 11.6 Å². The van der Waals surface area contributed by atoms with Gasteiger partial charge in [0, 0.05) is 34.4 Å². The van der Waals surface area contributed by atoms with Crippen LogP contribution in [0.2, 0.25) is 0 Å². The van der Waals surface area contributed by atoms with Crippen molar-refractivity contribution in [2.24, 2.45) is 0 Å². The van der Waals surface area contributed by atoms with Crippen LogP contribution in [0.1, 0.15) is 11.1 Å². The Morgan fingerprint density at radius 2 is 1.00 bits per heavy atom. The topological polar surface area (TPSA) is 131 Å². The number of aromatic nitrogens is 6. The van der Waals surface area contributed by atoms with Crippen molar-refractivity contribution in [1.29, 1.82) is 0 Å². The molecule has 4 aromatic heterocycles. The quantitative estimate of drug-likeness (QED) is 0.241. The Balaban J connectivity index is 1.15. The summed E-state index contributed by atoms with van der Waals surface area (Å²) < 4.78 is 25.0. The first kappa shape index (κ1) is 29.1. The fourth-order valence-corrected chi connectivity index (χ4v) is 6.64. The van der Waals surface area contributed by atoms with E-state index in [1.165, 1.54) is 31.7 Å². The number of fused-ring (bicyclic) bond motifs is 2. The van der Waals surface area contributed by atoms with Crippen LogP contribution in [-0.2, 0) is 0 Å². The number of thiazole rings is 2. The molecule has 0 aliphatic rings. The van der Waals surface area contributed by atoms with E-state index in [1.807, 2.05) is 36.4 Å². The molecule has 0 saturated carbocycles. The van der Waals surface area contributed by atoms with Crippen molar-refractivity contribution in [3.8, 4) is 45.8 Å². The van der Waals surface area contributed by atoms with Crippen molar-refractivity contribution in [2.75, 3.05) is 28.4 Å². The third-order valence-electron chi connectivity index (χ3n) is 7.22. The van der Waals surface area contributed by atoms with Crippen LogP contribution in [0.3, 0.4) is 0 Å². The Hall–Kier alpha value is -5.60. The highest BCUT2D eigenvalue weighted by Gasteiger charge is 2.16. The molecule has 0 saturated heterocycles. The Bertz CT molecular complexity index is 2310. The normalized spacial score (nSPS) is 12.3. The first-order valence-electron chi connectivity index (χ1n) is 13.8. The third kappa shape index (κ3) is 5.12. The summed E-state index contributed by atoms with van der Waals surface area (Å²) in [5.41, 5.74) is 2.38. The van der Waals surface area contributed by atoms with Gasteiger partial charge in [0.05, 0.1) is 37.5 Å². The molecule has 46 heavy (non-hydrogen) atoms. The van der Waals surface area contributed by atoms with Gasteiger partial charge in [0.2, 0.25) is 9.92 Å². The molecule has 0 aliphatic carbocycles. The molecule has 0 N–H and O–H groups in total. The first-order valence-corrected chi connectivity index (χ1v) is 15.4. The summed E-state index contributed by atoms with van der Waals surface area (Å²) in [6.07, 6.45) is 3.51. The molecule has 0 spiro atoms. The maximum atomic E-state index is 13.1. The zero-order chi connectivity index (χ0) is 31.9. The SMILES string of the molecule is COc1ccc(/C=c2/sc3nc(-c4ccc(-c5nc6s/c(=C/c7ccc(OC)cc7OC)c(=O)n6n5)cc4)nn3c2=O)c(OC)c1. The van der Waals surface area contributed by atoms with Crippen molar-refractivity contribution in [3.63, 3.8) is 0 Å². The highest BCUT2D eigenvalue weighted by Crippen LogP contribution is 2.27. The van der Waals surface area contributed by atoms with Crippen LogP contribution < -0.4 is 39.1 Å². The molecular formula is C32H24N6O6S2. The lowest BCUT2D eigenvalue weighted by molar-refractivity contribution is 0.393. The van der Waals surface area contributed by atoms with Crippen molar-refractivity contribution in [3.05, 3.63) is 102 Å². The summed E-state index contributed by atoms with van der Waals surface area (Å²) in [4.78, 5) is 36.4. The molecule has 0 amide bonds. The number of rotatable bonds is 8. The average molecular weight is 653 g/mol. The maximum Gasteiger partial charge on any atom is 0.291 e. The Kier molecular flexibility index (Phi) is 7.42. The smallest absolute Gasteiger partial charge is 0.291 e. The van der Waals surface area contributed by atoms with E-state index in [0.29, 0.717) is 53.6 Å². The lowest BCUT2D eigenvalue weighted by Crippen LogP contribution is -2.23. The van der Waals surface area contributed by atoms with Gasteiger partial charge in [0.1, 0.15) is 23.0 Å². The Morgan fingerprint density at radius 3 is 1.35 bits per heavy atom. The van der Waals surface area contributed by atoms with E-state index < -0.39 is 0 Å². The van der Waals surface area contributed by atoms with Gasteiger partial charge < -0.3 is 18.9 Å². The van der Waals surface area contributed by atoms with Gasteiger partial charge in [0.25, 0.3) is 11.1 Å². The molecule has 230 valence electrons. The van der Waals surface area contributed by atoms with Crippen molar-refractivity contribution in [1.82, 2.24) is 29.2 Å². The third-order valence-corrected chi connectivity index (χ3v) is 9.14. The number of hydrogen-bond donors (Lipinski definition) is 0. The zero-order valence-corrected chi connectivity index (χ0v) is 26.5. The van der Waals surface area contributed by atoms with Gasteiger partial charge in [-0.1, -0.05) is 46.9 Å². The lowest BCUT2D eigenvalue weighted by Gasteiger charge is -2.06. The second-order valence-corrected chi connectivity index (χ2v) is 11.9. The molecule has 0 bridgehead atoms. The fraction of sp³-hybridized carbons (Fsp3) is 0.125. The summed E-state index contributed by atoms with van der Waals surface area (Å²) in [5, 5.41) is 8.92. The van der Waals surface area contributed by atoms with Gasteiger partial charge in [-0.25, -0.2) is 0 Å². The van der Waals surface area contributed by atoms with Crippen LogP contribution in [0.4, 0.5) is 0 Å². The number of methoxy groups -OCH3 is 4. The Morgan fingerprint density at radius 1 is 0.587 bits per heavy atom. The number of ether oxygens (including phenoxy) is 4. The number of benzene rings is 3. The molecule has 7 rings (SSSR count). The lowest BCUT2D eigenvalue weighted by atomic mass is 10.1.